The molecule has 0 aromatic heterocycles. The zero-order valence-corrected chi connectivity index (χ0v) is 12.8. The number of hydrogen-bond donors (Lipinski definition) is 1. The topological polar surface area (TPSA) is 49.4 Å². The molecule has 2 amide bonds. The summed E-state index contributed by atoms with van der Waals surface area (Å²) in [6, 6.07) is 9.38. The van der Waals surface area contributed by atoms with E-state index in [0.29, 0.717) is 13.0 Å². The number of piperazine rings is 1. The molecule has 0 spiro atoms. The van der Waals surface area contributed by atoms with Crippen molar-refractivity contribution >= 4 is 11.8 Å². The largest absolute Gasteiger partial charge is 0.340 e. The summed E-state index contributed by atoms with van der Waals surface area (Å²) in [6.45, 7) is 9.52. The second-order valence-electron chi connectivity index (χ2n) is 5.78. The molecule has 0 aliphatic carbocycles. The Kier molecular flexibility index (Phi) is 3.90. The van der Waals surface area contributed by atoms with Gasteiger partial charge < -0.3 is 10.2 Å². The van der Waals surface area contributed by atoms with E-state index in [4.69, 9.17) is 0 Å². The lowest BCUT2D eigenvalue weighted by Gasteiger charge is -2.50. The van der Waals surface area contributed by atoms with Crippen LogP contribution in [0.5, 0.6) is 0 Å². The van der Waals surface area contributed by atoms with Crippen molar-refractivity contribution in [2.75, 3.05) is 6.54 Å². The molecule has 1 N–H and O–H groups in total. The Hall–Kier alpha value is -2.10. The van der Waals surface area contributed by atoms with Crippen LogP contribution in [0.3, 0.4) is 0 Å². The number of nitrogens with zero attached hydrogens (tertiary/aromatic N) is 1. The molecule has 1 aliphatic heterocycles. The van der Waals surface area contributed by atoms with Crippen LogP contribution in [0.15, 0.2) is 43.0 Å². The first-order valence-electron chi connectivity index (χ1n) is 7.21. The van der Waals surface area contributed by atoms with E-state index < -0.39 is 11.1 Å². The monoisotopic (exact) mass is 286 g/mol. The van der Waals surface area contributed by atoms with Gasteiger partial charge in [0.05, 0.1) is 0 Å². The van der Waals surface area contributed by atoms with Gasteiger partial charge in [-0.2, -0.15) is 0 Å². The predicted octanol–water partition coefficient (Wildman–Crippen LogP) is 2.21. The molecule has 21 heavy (non-hydrogen) atoms. The van der Waals surface area contributed by atoms with E-state index in [0.717, 1.165) is 5.56 Å². The average Bonchev–Trinajstić information content (AvgIpc) is 2.50. The normalized spacial score (nSPS) is 29.2. The minimum Gasteiger partial charge on any atom is -0.340 e. The highest BCUT2D eigenvalue weighted by Gasteiger charge is 2.54. The fourth-order valence-electron chi connectivity index (χ4n) is 2.73. The molecule has 2 rings (SSSR count). The summed E-state index contributed by atoms with van der Waals surface area (Å²) in [7, 11) is 0. The highest BCUT2D eigenvalue weighted by Crippen LogP contribution is 2.35. The van der Waals surface area contributed by atoms with Crippen molar-refractivity contribution in [3.63, 3.8) is 0 Å². The van der Waals surface area contributed by atoms with Crippen molar-refractivity contribution in [3.05, 3.63) is 48.6 Å². The van der Waals surface area contributed by atoms with Gasteiger partial charge in [0.1, 0.15) is 11.1 Å². The molecule has 1 fully saturated rings. The number of carbonyl (C=O) groups excluding carboxylic acids is 2. The minimum atomic E-state index is -1.01. The molecule has 4 heteroatoms. The summed E-state index contributed by atoms with van der Waals surface area (Å²) in [6.07, 6.45) is 2.21. The Labute approximate surface area is 125 Å². The van der Waals surface area contributed by atoms with Crippen molar-refractivity contribution < 1.29 is 9.59 Å². The summed E-state index contributed by atoms with van der Waals surface area (Å²) in [5.41, 5.74) is -1.06. The number of hydrogen-bond acceptors (Lipinski definition) is 2. The van der Waals surface area contributed by atoms with Crippen molar-refractivity contribution in [3.8, 4) is 0 Å². The van der Waals surface area contributed by atoms with Gasteiger partial charge in [-0.25, -0.2) is 0 Å². The van der Waals surface area contributed by atoms with E-state index in [2.05, 4.69) is 11.9 Å². The highest BCUT2D eigenvalue weighted by molar-refractivity contribution is 6.02. The molecule has 0 saturated carbocycles. The van der Waals surface area contributed by atoms with Crippen LogP contribution in [-0.2, 0) is 15.1 Å². The summed E-state index contributed by atoms with van der Waals surface area (Å²) in [5.74, 6) is -0.227. The lowest BCUT2D eigenvalue weighted by molar-refractivity contribution is -0.161. The molecule has 2 atom stereocenters. The van der Waals surface area contributed by atoms with E-state index >= 15 is 0 Å². The molecule has 4 nitrogen and oxygen atoms in total. The van der Waals surface area contributed by atoms with Crippen LogP contribution in [0, 0.1) is 0 Å². The fourth-order valence-corrected chi connectivity index (χ4v) is 2.73. The third kappa shape index (κ3) is 2.24. The number of amides is 2. The number of rotatable bonds is 4. The molecule has 0 radical (unpaired) electrons. The third-order valence-electron chi connectivity index (χ3n) is 4.44. The van der Waals surface area contributed by atoms with Gasteiger partial charge in [-0.1, -0.05) is 43.3 Å². The lowest BCUT2D eigenvalue weighted by atomic mass is 9.81. The molecule has 0 bridgehead atoms. The van der Waals surface area contributed by atoms with Gasteiger partial charge in [-0.05, 0) is 25.8 Å². The number of carbonyl (C=O) groups is 2. The van der Waals surface area contributed by atoms with Gasteiger partial charge in [0.15, 0.2) is 0 Å². The predicted molar refractivity (Wildman–Crippen MR) is 82.5 cm³/mol. The Morgan fingerprint density at radius 1 is 1.24 bits per heavy atom. The van der Waals surface area contributed by atoms with Crippen molar-refractivity contribution in [2.45, 2.75) is 38.3 Å². The second kappa shape index (κ2) is 5.35. The summed E-state index contributed by atoms with van der Waals surface area (Å²) < 4.78 is 0. The lowest BCUT2D eigenvalue weighted by Crippen LogP contribution is -2.72. The van der Waals surface area contributed by atoms with E-state index in [-0.39, 0.29) is 11.8 Å². The zero-order chi connectivity index (χ0) is 15.7. The van der Waals surface area contributed by atoms with E-state index in [1.165, 1.54) is 0 Å². The van der Waals surface area contributed by atoms with Crippen molar-refractivity contribution in [1.29, 1.82) is 0 Å². The molecule has 1 saturated heterocycles. The van der Waals surface area contributed by atoms with Gasteiger partial charge in [-0.3, -0.25) is 9.59 Å². The maximum Gasteiger partial charge on any atom is 0.251 e. The molecule has 1 aromatic rings. The van der Waals surface area contributed by atoms with Crippen LogP contribution in [0.2, 0.25) is 0 Å². The van der Waals surface area contributed by atoms with Gasteiger partial charge in [-0.15, -0.1) is 6.58 Å². The van der Waals surface area contributed by atoms with Crippen LogP contribution >= 0.6 is 0 Å². The molecular weight excluding hydrogens is 264 g/mol. The smallest absolute Gasteiger partial charge is 0.251 e. The van der Waals surface area contributed by atoms with Gasteiger partial charge in [0.25, 0.3) is 5.91 Å². The molecule has 1 heterocycles. The summed E-state index contributed by atoms with van der Waals surface area (Å²) in [5, 5.41) is 2.91. The van der Waals surface area contributed by atoms with Crippen LogP contribution < -0.4 is 5.32 Å². The number of nitrogens with one attached hydrogen (secondary N) is 1. The van der Waals surface area contributed by atoms with Crippen LogP contribution in [-0.4, -0.2) is 28.8 Å². The maximum atomic E-state index is 12.9. The van der Waals surface area contributed by atoms with E-state index in [1.807, 2.05) is 37.3 Å². The average molecular weight is 286 g/mol. The first-order valence-corrected chi connectivity index (χ1v) is 7.21. The van der Waals surface area contributed by atoms with Gasteiger partial charge >= 0.3 is 0 Å². The van der Waals surface area contributed by atoms with Crippen LogP contribution in [0.25, 0.3) is 0 Å². The first-order chi connectivity index (χ1) is 9.90. The van der Waals surface area contributed by atoms with E-state index in [9.17, 15) is 9.59 Å². The Balaban J connectivity index is 2.56. The fraction of sp³-hybridized carbons (Fsp3) is 0.412. The van der Waals surface area contributed by atoms with Crippen molar-refractivity contribution in [1.82, 2.24) is 10.2 Å². The first kappa shape index (κ1) is 15.3. The maximum absolute atomic E-state index is 12.9. The zero-order valence-electron chi connectivity index (χ0n) is 12.8. The Morgan fingerprint density at radius 2 is 1.86 bits per heavy atom. The second-order valence-corrected chi connectivity index (χ2v) is 5.78. The molecule has 2 unspecified atom stereocenters. The van der Waals surface area contributed by atoms with Crippen LogP contribution in [0.4, 0.5) is 0 Å². The number of benzene rings is 1. The molecular formula is C17H22N2O2. The van der Waals surface area contributed by atoms with Gasteiger partial charge in [0.2, 0.25) is 5.91 Å². The highest BCUT2D eigenvalue weighted by atomic mass is 16.2. The van der Waals surface area contributed by atoms with Gasteiger partial charge in [0, 0.05) is 6.54 Å². The quantitative estimate of drug-likeness (QED) is 0.863. The minimum absolute atomic E-state index is 0.0733. The Morgan fingerprint density at radius 3 is 2.38 bits per heavy atom. The molecule has 1 aromatic carbocycles. The molecule has 112 valence electrons. The molecule has 1 aliphatic rings. The summed E-state index contributed by atoms with van der Waals surface area (Å²) >= 11 is 0. The van der Waals surface area contributed by atoms with Crippen LogP contribution in [0.1, 0.15) is 32.8 Å². The standard InChI is InChI=1S/C17H22N2O2/c1-5-12-19-15(21)16(3,6-2)18-14(20)17(19,4)13-10-8-7-9-11-13/h5,7-11H,1,6,12H2,2-4H3,(H,18,20). The Bertz CT molecular complexity index is 569. The SMILES string of the molecule is C=CCN1C(=O)C(C)(CC)NC(=O)C1(C)c1ccccc1. The van der Waals surface area contributed by atoms with Crippen molar-refractivity contribution in [2.24, 2.45) is 0 Å². The summed E-state index contributed by atoms with van der Waals surface area (Å²) in [4.78, 5) is 27.3. The van der Waals surface area contributed by atoms with E-state index in [1.54, 1.807) is 24.8 Å². The third-order valence-corrected chi connectivity index (χ3v) is 4.44.